The third kappa shape index (κ3) is 3.28. The Kier molecular flexibility index (Phi) is 4.83. The van der Waals surface area contributed by atoms with Crippen molar-refractivity contribution in [3.63, 3.8) is 0 Å². The van der Waals surface area contributed by atoms with E-state index in [2.05, 4.69) is 5.32 Å². The van der Waals surface area contributed by atoms with Crippen LogP contribution in [0.25, 0.3) is 0 Å². The predicted octanol–water partition coefficient (Wildman–Crippen LogP) is 3.90. The molecule has 0 aromatic heterocycles. The molecule has 24 heavy (non-hydrogen) atoms. The maximum atomic E-state index is 12.7. The molecular formula is C18H17ClN2O2S. The number of hydrogen-bond donors (Lipinski definition) is 1. The van der Waals surface area contributed by atoms with E-state index < -0.39 is 5.54 Å². The third-order valence-electron chi connectivity index (χ3n) is 4.02. The van der Waals surface area contributed by atoms with Crippen molar-refractivity contribution in [1.82, 2.24) is 10.2 Å². The summed E-state index contributed by atoms with van der Waals surface area (Å²) in [6.07, 6.45) is 0. The Balaban J connectivity index is 1.65. The predicted molar refractivity (Wildman–Crippen MR) is 96.2 cm³/mol. The summed E-state index contributed by atoms with van der Waals surface area (Å²) < 4.78 is 0. The lowest BCUT2D eigenvalue weighted by atomic mass is 9.92. The lowest BCUT2D eigenvalue weighted by Crippen LogP contribution is -2.41. The van der Waals surface area contributed by atoms with Gasteiger partial charge in [-0.05, 0) is 36.8 Å². The standard InChI is InChI=1S/C18H17ClN2O2S/c1-18(13-5-3-2-4-6-13)16(22)21(17(23)20-18)11-12-24-15-9-7-14(19)8-10-15/h2-10H,11-12H2,1H3,(H,20,23)/t18-/m0/s1. The van der Waals surface area contributed by atoms with Gasteiger partial charge in [-0.1, -0.05) is 41.9 Å². The molecule has 0 bridgehead atoms. The van der Waals surface area contributed by atoms with Crippen LogP contribution in [0.2, 0.25) is 5.02 Å². The molecule has 1 fully saturated rings. The number of thioether (sulfide) groups is 1. The van der Waals surface area contributed by atoms with Crippen LogP contribution in [0.4, 0.5) is 4.79 Å². The van der Waals surface area contributed by atoms with Gasteiger partial charge in [0.2, 0.25) is 0 Å². The first-order valence-electron chi connectivity index (χ1n) is 7.59. The number of hydrogen-bond acceptors (Lipinski definition) is 3. The molecule has 0 unspecified atom stereocenters. The quantitative estimate of drug-likeness (QED) is 0.650. The number of nitrogens with zero attached hydrogens (tertiary/aromatic N) is 1. The first-order chi connectivity index (χ1) is 11.5. The minimum Gasteiger partial charge on any atom is -0.319 e. The topological polar surface area (TPSA) is 49.4 Å². The summed E-state index contributed by atoms with van der Waals surface area (Å²) in [6, 6.07) is 16.5. The number of halogens is 1. The van der Waals surface area contributed by atoms with Crippen LogP contribution in [0.5, 0.6) is 0 Å². The number of benzene rings is 2. The molecule has 4 nitrogen and oxygen atoms in total. The number of nitrogens with one attached hydrogen (secondary N) is 1. The highest BCUT2D eigenvalue weighted by atomic mass is 35.5. The first kappa shape index (κ1) is 16.9. The third-order valence-corrected chi connectivity index (χ3v) is 5.27. The number of imide groups is 1. The molecule has 3 amide bonds. The van der Waals surface area contributed by atoms with Gasteiger partial charge in [-0.15, -0.1) is 11.8 Å². The van der Waals surface area contributed by atoms with Gasteiger partial charge in [-0.25, -0.2) is 4.79 Å². The van der Waals surface area contributed by atoms with Crippen molar-refractivity contribution in [2.24, 2.45) is 0 Å². The van der Waals surface area contributed by atoms with Gasteiger partial charge in [0.15, 0.2) is 0 Å². The van der Waals surface area contributed by atoms with Crippen LogP contribution in [-0.4, -0.2) is 29.1 Å². The van der Waals surface area contributed by atoms with E-state index in [1.165, 1.54) is 4.90 Å². The fourth-order valence-corrected chi connectivity index (χ4v) is 3.62. The highest BCUT2D eigenvalue weighted by Crippen LogP contribution is 2.29. The zero-order valence-corrected chi connectivity index (χ0v) is 14.7. The van der Waals surface area contributed by atoms with Crippen molar-refractivity contribution in [2.45, 2.75) is 17.4 Å². The van der Waals surface area contributed by atoms with Gasteiger partial charge in [0.25, 0.3) is 5.91 Å². The molecule has 0 saturated carbocycles. The van der Waals surface area contributed by atoms with Crippen molar-refractivity contribution in [1.29, 1.82) is 0 Å². The monoisotopic (exact) mass is 360 g/mol. The molecule has 1 aliphatic rings. The first-order valence-corrected chi connectivity index (χ1v) is 8.95. The van der Waals surface area contributed by atoms with Crippen LogP contribution in [0.1, 0.15) is 12.5 Å². The molecule has 0 aliphatic carbocycles. The van der Waals surface area contributed by atoms with E-state index in [0.717, 1.165) is 10.5 Å². The van der Waals surface area contributed by atoms with Crippen LogP contribution in [-0.2, 0) is 10.3 Å². The number of carbonyl (C=O) groups is 2. The largest absolute Gasteiger partial charge is 0.325 e. The average molecular weight is 361 g/mol. The lowest BCUT2D eigenvalue weighted by molar-refractivity contribution is -0.130. The molecule has 1 saturated heterocycles. The van der Waals surface area contributed by atoms with E-state index in [-0.39, 0.29) is 11.9 Å². The summed E-state index contributed by atoms with van der Waals surface area (Å²) in [4.78, 5) is 27.3. The fraction of sp³-hybridized carbons (Fsp3) is 0.222. The van der Waals surface area contributed by atoms with Crippen molar-refractivity contribution in [3.8, 4) is 0 Å². The van der Waals surface area contributed by atoms with Gasteiger partial charge < -0.3 is 5.32 Å². The van der Waals surface area contributed by atoms with Crippen LogP contribution < -0.4 is 5.32 Å². The van der Waals surface area contributed by atoms with E-state index in [9.17, 15) is 9.59 Å². The van der Waals surface area contributed by atoms with Gasteiger partial charge in [0, 0.05) is 22.2 Å². The summed E-state index contributed by atoms with van der Waals surface area (Å²) in [6.45, 7) is 2.11. The highest BCUT2D eigenvalue weighted by molar-refractivity contribution is 7.99. The number of urea groups is 1. The summed E-state index contributed by atoms with van der Waals surface area (Å²) >= 11 is 7.45. The molecule has 2 aromatic carbocycles. The Bertz CT molecular complexity index is 751. The number of amides is 3. The molecule has 3 rings (SSSR count). The van der Waals surface area contributed by atoms with Crippen LogP contribution in [0.3, 0.4) is 0 Å². The second-order valence-electron chi connectivity index (χ2n) is 5.68. The Morgan fingerprint density at radius 1 is 1.08 bits per heavy atom. The summed E-state index contributed by atoms with van der Waals surface area (Å²) in [5.74, 6) is 0.418. The van der Waals surface area contributed by atoms with Crippen molar-refractivity contribution < 1.29 is 9.59 Å². The van der Waals surface area contributed by atoms with Gasteiger partial charge in [-0.3, -0.25) is 9.69 Å². The van der Waals surface area contributed by atoms with Gasteiger partial charge in [-0.2, -0.15) is 0 Å². The molecule has 124 valence electrons. The molecule has 1 heterocycles. The molecule has 6 heteroatoms. The van der Waals surface area contributed by atoms with Crippen LogP contribution in [0.15, 0.2) is 59.5 Å². The van der Waals surface area contributed by atoms with Gasteiger partial charge >= 0.3 is 6.03 Å². The number of carbonyl (C=O) groups excluding carboxylic acids is 2. The second kappa shape index (κ2) is 6.87. The van der Waals surface area contributed by atoms with Crippen molar-refractivity contribution in [3.05, 3.63) is 65.2 Å². The highest BCUT2D eigenvalue weighted by Gasteiger charge is 2.48. The van der Waals surface area contributed by atoms with E-state index in [4.69, 9.17) is 11.6 Å². The summed E-state index contributed by atoms with van der Waals surface area (Å²) in [5, 5.41) is 3.50. The van der Waals surface area contributed by atoms with E-state index >= 15 is 0 Å². The molecule has 2 aromatic rings. The van der Waals surface area contributed by atoms with E-state index in [1.807, 2.05) is 54.6 Å². The molecule has 0 radical (unpaired) electrons. The van der Waals surface area contributed by atoms with Crippen LogP contribution >= 0.6 is 23.4 Å². The smallest absolute Gasteiger partial charge is 0.319 e. The van der Waals surface area contributed by atoms with E-state index in [1.54, 1.807) is 18.7 Å². The molecular weight excluding hydrogens is 344 g/mol. The summed E-state index contributed by atoms with van der Waals surface area (Å²) in [7, 11) is 0. The Morgan fingerprint density at radius 2 is 1.75 bits per heavy atom. The molecule has 1 atom stereocenters. The maximum absolute atomic E-state index is 12.7. The average Bonchev–Trinajstić information content (AvgIpc) is 2.81. The SMILES string of the molecule is C[C@@]1(c2ccccc2)NC(=O)N(CCSc2ccc(Cl)cc2)C1=O. The number of rotatable bonds is 5. The fourth-order valence-electron chi connectivity index (χ4n) is 2.65. The Labute approximate surface area is 150 Å². The normalized spacial score (nSPS) is 20.3. The lowest BCUT2D eigenvalue weighted by Gasteiger charge is -2.22. The van der Waals surface area contributed by atoms with Crippen LogP contribution in [0, 0.1) is 0 Å². The maximum Gasteiger partial charge on any atom is 0.325 e. The Morgan fingerprint density at radius 3 is 2.42 bits per heavy atom. The minimum absolute atomic E-state index is 0.213. The zero-order chi connectivity index (χ0) is 17.2. The van der Waals surface area contributed by atoms with Crippen molar-refractivity contribution in [2.75, 3.05) is 12.3 Å². The summed E-state index contributed by atoms with van der Waals surface area (Å²) in [5.41, 5.74) is -0.209. The minimum atomic E-state index is -0.997. The zero-order valence-electron chi connectivity index (χ0n) is 13.2. The van der Waals surface area contributed by atoms with Gasteiger partial charge in [0.1, 0.15) is 5.54 Å². The van der Waals surface area contributed by atoms with Crippen molar-refractivity contribution >= 4 is 35.3 Å². The van der Waals surface area contributed by atoms with Gasteiger partial charge in [0.05, 0.1) is 0 Å². The van der Waals surface area contributed by atoms with E-state index in [0.29, 0.717) is 17.3 Å². The molecule has 1 N–H and O–H groups in total. The molecule has 0 spiro atoms. The second-order valence-corrected chi connectivity index (χ2v) is 7.29. The molecule has 1 aliphatic heterocycles. The Hall–Kier alpha value is -1.98.